The topological polar surface area (TPSA) is 49.8 Å². The molecule has 0 aliphatic carbocycles. The molecule has 2 aliphatic heterocycles. The number of aliphatic hydroxyl groups excluding tert-OH is 1. The Balaban J connectivity index is 1.70. The molecule has 1 N–H and O–H groups in total. The zero-order chi connectivity index (χ0) is 13.2. The van der Waals surface area contributed by atoms with Gasteiger partial charge in [0.15, 0.2) is 0 Å². The Kier molecular flexibility index (Phi) is 3.42. The number of nitrogens with zero attached hydrogens (tertiary/aromatic N) is 1. The second-order valence-corrected chi connectivity index (χ2v) is 5.34. The molecule has 1 amide bonds. The Morgan fingerprint density at radius 3 is 2.89 bits per heavy atom. The van der Waals surface area contributed by atoms with E-state index in [0.29, 0.717) is 5.92 Å². The summed E-state index contributed by atoms with van der Waals surface area (Å²) in [6.45, 7) is 2.45. The summed E-state index contributed by atoms with van der Waals surface area (Å²) in [6.07, 6.45) is 2.69. The SMILES string of the molecule is O=C(c1ccc2c(c1)CCO2)N1CCC(CO)CC1. The number of carbonyl (C=O) groups excluding carboxylic acids is 1. The molecule has 0 radical (unpaired) electrons. The van der Waals surface area contributed by atoms with Crippen LogP contribution < -0.4 is 4.74 Å². The number of likely N-dealkylation sites (tertiary alicyclic amines) is 1. The number of ether oxygens (including phenoxy) is 1. The van der Waals surface area contributed by atoms with Crippen LogP contribution in [0.5, 0.6) is 5.75 Å². The molecule has 1 fully saturated rings. The van der Waals surface area contributed by atoms with Crippen molar-refractivity contribution in [3.05, 3.63) is 29.3 Å². The van der Waals surface area contributed by atoms with E-state index < -0.39 is 0 Å². The maximum atomic E-state index is 12.4. The number of carbonyl (C=O) groups is 1. The van der Waals surface area contributed by atoms with Gasteiger partial charge in [0.05, 0.1) is 6.61 Å². The first-order chi connectivity index (χ1) is 9.28. The zero-order valence-corrected chi connectivity index (χ0v) is 11.0. The van der Waals surface area contributed by atoms with Gasteiger partial charge in [-0.1, -0.05) is 0 Å². The van der Waals surface area contributed by atoms with Crippen molar-refractivity contribution in [1.29, 1.82) is 0 Å². The molecular formula is C15H19NO3. The van der Waals surface area contributed by atoms with Crippen molar-refractivity contribution < 1.29 is 14.6 Å². The molecule has 0 saturated carbocycles. The molecule has 2 aliphatic rings. The maximum absolute atomic E-state index is 12.4. The van der Waals surface area contributed by atoms with Gasteiger partial charge in [0.1, 0.15) is 5.75 Å². The lowest BCUT2D eigenvalue weighted by atomic mass is 9.97. The van der Waals surface area contributed by atoms with Gasteiger partial charge >= 0.3 is 0 Å². The second kappa shape index (κ2) is 5.21. The van der Waals surface area contributed by atoms with Crippen LogP contribution in [0, 0.1) is 5.92 Å². The van der Waals surface area contributed by atoms with Crippen molar-refractivity contribution >= 4 is 5.91 Å². The molecule has 1 aromatic carbocycles. The number of rotatable bonds is 2. The fraction of sp³-hybridized carbons (Fsp3) is 0.533. The highest BCUT2D eigenvalue weighted by molar-refractivity contribution is 5.94. The van der Waals surface area contributed by atoms with Crippen LogP contribution in [0.3, 0.4) is 0 Å². The third-order valence-electron chi connectivity index (χ3n) is 4.10. The lowest BCUT2D eigenvalue weighted by molar-refractivity contribution is 0.0651. The summed E-state index contributed by atoms with van der Waals surface area (Å²) in [6, 6.07) is 5.71. The van der Waals surface area contributed by atoms with Crippen LogP contribution in [0.2, 0.25) is 0 Å². The standard InChI is InChI=1S/C15H19NO3/c17-10-11-3-6-16(7-4-11)15(18)13-1-2-14-12(9-13)5-8-19-14/h1-2,9,11,17H,3-8,10H2. The number of aliphatic hydroxyl groups is 1. The Morgan fingerprint density at radius 1 is 1.37 bits per heavy atom. The molecule has 102 valence electrons. The summed E-state index contributed by atoms with van der Waals surface area (Å²) in [5, 5.41) is 9.12. The molecule has 1 saturated heterocycles. The van der Waals surface area contributed by atoms with Crippen LogP contribution in [-0.4, -0.2) is 42.2 Å². The van der Waals surface area contributed by atoms with Gasteiger partial charge in [0.2, 0.25) is 0 Å². The lowest BCUT2D eigenvalue weighted by Gasteiger charge is -2.31. The minimum Gasteiger partial charge on any atom is -0.493 e. The van der Waals surface area contributed by atoms with E-state index in [0.717, 1.165) is 55.8 Å². The van der Waals surface area contributed by atoms with E-state index in [-0.39, 0.29) is 12.5 Å². The van der Waals surface area contributed by atoms with Crippen LogP contribution in [-0.2, 0) is 6.42 Å². The molecule has 2 heterocycles. The molecule has 0 atom stereocenters. The van der Waals surface area contributed by atoms with Crippen molar-refractivity contribution in [1.82, 2.24) is 4.90 Å². The van der Waals surface area contributed by atoms with Crippen molar-refractivity contribution in [3.8, 4) is 5.75 Å². The number of fused-ring (bicyclic) bond motifs is 1. The van der Waals surface area contributed by atoms with E-state index in [2.05, 4.69) is 0 Å². The third kappa shape index (κ3) is 2.45. The van der Waals surface area contributed by atoms with Crippen molar-refractivity contribution in [2.24, 2.45) is 5.92 Å². The number of hydrogen-bond acceptors (Lipinski definition) is 3. The summed E-state index contributed by atoms with van der Waals surface area (Å²) in [5.41, 5.74) is 1.89. The molecule has 0 spiro atoms. The van der Waals surface area contributed by atoms with Gasteiger partial charge in [-0.2, -0.15) is 0 Å². The third-order valence-corrected chi connectivity index (χ3v) is 4.10. The summed E-state index contributed by atoms with van der Waals surface area (Å²) in [5.74, 6) is 1.37. The van der Waals surface area contributed by atoms with Gasteiger partial charge in [0, 0.05) is 31.7 Å². The Morgan fingerprint density at radius 2 is 2.16 bits per heavy atom. The van der Waals surface area contributed by atoms with Gasteiger partial charge in [-0.05, 0) is 42.5 Å². The first-order valence-corrected chi connectivity index (χ1v) is 6.94. The lowest BCUT2D eigenvalue weighted by Crippen LogP contribution is -2.39. The summed E-state index contributed by atoms with van der Waals surface area (Å²) in [4.78, 5) is 14.3. The average molecular weight is 261 g/mol. The van der Waals surface area contributed by atoms with E-state index in [1.54, 1.807) is 0 Å². The van der Waals surface area contributed by atoms with Crippen molar-refractivity contribution in [2.75, 3.05) is 26.3 Å². The number of piperidine rings is 1. The highest BCUT2D eigenvalue weighted by Gasteiger charge is 2.24. The van der Waals surface area contributed by atoms with E-state index in [1.807, 2.05) is 23.1 Å². The number of hydrogen-bond donors (Lipinski definition) is 1. The minimum atomic E-state index is 0.103. The van der Waals surface area contributed by atoms with E-state index >= 15 is 0 Å². The first kappa shape index (κ1) is 12.5. The van der Waals surface area contributed by atoms with Crippen LogP contribution >= 0.6 is 0 Å². The molecule has 0 bridgehead atoms. The van der Waals surface area contributed by atoms with Crippen LogP contribution in [0.4, 0.5) is 0 Å². The predicted molar refractivity (Wildman–Crippen MR) is 71.4 cm³/mol. The maximum Gasteiger partial charge on any atom is 0.253 e. The number of benzene rings is 1. The fourth-order valence-electron chi connectivity index (χ4n) is 2.82. The molecule has 4 heteroatoms. The van der Waals surface area contributed by atoms with E-state index in [4.69, 9.17) is 9.84 Å². The van der Waals surface area contributed by atoms with E-state index in [9.17, 15) is 4.79 Å². The fourth-order valence-corrected chi connectivity index (χ4v) is 2.82. The Bertz CT molecular complexity index is 478. The smallest absolute Gasteiger partial charge is 0.253 e. The van der Waals surface area contributed by atoms with E-state index in [1.165, 1.54) is 0 Å². The molecular weight excluding hydrogens is 242 g/mol. The van der Waals surface area contributed by atoms with Crippen molar-refractivity contribution in [3.63, 3.8) is 0 Å². The monoisotopic (exact) mass is 261 g/mol. The quantitative estimate of drug-likeness (QED) is 0.877. The number of amides is 1. The zero-order valence-electron chi connectivity index (χ0n) is 11.0. The first-order valence-electron chi connectivity index (χ1n) is 6.94. The molecule has 0 unspecified atom stereocenters. The van der Waals surface area contributed by atoms with Crippen LogP contribution in [0.1, 0.15) is 28.8 Å². The second-order valence-electron chi connectivity index (χ2n) is 5.34. The molecule has 3 rings (SSSR count). The van der Waals surface area contributed by atoms with Crippen LogP contribution in [0.15, 0.2) is 18.2 Å². The average Bonchev–Trinajstić information content (AvgIpc) is 2.94. The van der Waals surface area contributed by atoms with Gasteiger partial charge < -0.3 is 14.7 Å². The largest absolute Gasteiger partial charge is 0.493 e. The van der Waals surface area contributed by atoms with Crippen LogP contribution in [0.25, 0.3) is 0 Å². The summed E-state index contributed by atoms with van der Waals surface area (Å²) < 4.78 is 5.45. The van der Waals surface area contributed by atoms with Crippen molar-refractivity contribution in [2.45, 2.75) is 19.3 Å². The van der Waals surface area contributed by atoms with Gasteiger partial charge in [-0.3, -0.25) is 4.79 Å². The summed E-state index contributed by atoms with van der Waals surface area (Å²) >= 11 is 0. The Labute approximate surface area is 113 Å². The van der Waals surface area contributed by atoms with Gasteiger partial charge in [-0.25, -0.2) is 0 Å². The van der Waals surface area contributed by atoms with Gasteiger partial charge in [-0.15, -0.1) is 0 Å². The summed E-state index contributed by atoms with van der Waals surface area (Å²) in [7, 11) is 0. The highest BCUT2D eigenvalue weighted by Crippen LogP contribution is 2.27. The molecule has 19 heavy (non-hydrogen) atoms. The molecule has 1 aromatic rings. The predicted octanol–water partition coefficient (Wildman–Crippen LogP) is 1.47. The molecule has 0 aromatic heterocycles. The Hall–Kier alpha value is -1.55. The highest BCUT2D eigenvalue weighted by atomic mass is 16.5. The molecule has 4 nitrogen and oxygen atoms in total. The minimum absolute atomic E-state index is 0.103. The normalized spacial score (nSPS) is 19.1. The van der Waals surface area contributed by atoms with Gasteiger partial charge in [0.25, 0.3) is 5.91 Å².